The lowest BCUT2D eigenvalue weighted by atomic mass is 10.3. The summed E-state index contributed by atoms with van der Waals surface area (Å²) < 4.78 is 26.5. The number of Topliss-reactive ketones (excluding diaryl/α,β-unsaturated/α-hetero) is 1. The number of rotatable bonds is 13. The molecular formula is C21H28N7O4P. The maximum absolute atomic E-state index is 13.4. The molecule has 0 spiro atoms. The summed E-state index contributed by atoms with van der Waals surface area (Å²) in [6.45, 7) is 7.79. The molecule has 12 heteroatoms. The first-order valence-electron chi connectivity index (χ1n) is 10.3. The van der Waals surface area contributed by atoms with Crippen LogP contribution in [0.15, 0.2) is 49.3 Å². The maximum atomic E-state index is 13.4. The Labute approximate surface area is 191 Å². The minimum atomic E-state index is -3.52. The highest BCUT2D eigenvalue weighted by molar-refractivity contribution is 7.57. The van der Waals surface area contributed by atoms with E-state index in [1.165, 1.54) is 6.92 Å². The molecule has 3 rings (SSSR count). The van der Waals surface area contributed by atoms with Gasteiger partial charge in [0, 0.05) is 13.1 Å². The molecule has 2 aromatic heterocycles. The maximum Gasteiger partial charge on any atom is 0.342 e. The van der Waals surface area contributed by atoms with Crippen LogP contribution in [-0.2, 0) is 20.6 Å². The second-order valence-corrected chi connectivity index (χ2v) is 9.33. The van der Waals surface area contributed by atoms with Crippen LogP contribution in [0.3, 0.4) is 0 Å². The number of ketones is 1. The fourth-order valence-electron chi connectivity index (χ4n) is 2.89. The zero-order valence-electron chi connectivity index (χ0n) is 18.6. The topological polar surface area (TPSA) is 146 Å². The summed E-state index contributed by atoms with van der Waals surface area (Å²) in [4.78, 5) is 24.5. The van der Waals surface area contributed by atoms with Gasteiger partial charge >= 0.3 is 7.52 Å². The molecular weight excluding hydrogens is 445 g/mol. The number of nitrogens with zero attached hydrogens (tertiary/aromatic N) is 4. The summed E-state index contributed by atoms with van der Waals surface area (Å²) in [5, 5.41) is 5.87. The Kier molecular flexibility index (Phi) is 8.16. The summed E-state index contributed by atoms with van der Waals surface area (Å²) in [5.74, 6) is 0.884. The van der Waals surface area contributed by atoms with Crippen LogP contribution in [0.4, 0.5) is 11.8 Å². The minimum absolute atomic E-state index is 0.111. The molecule has 1 unspecified atom stereocenters. The molecule has 0 aliphatic carbocycles. The number of hydrogen-bond donors (Lipinski definition) is 3. The Hall–Kier alpha value is -3.27. The molecule has 2 atom stereocenters. The SMILES string of the molecule is C=CCNc1nc(N)nc2c1ncn2CCOCP(=O)(N[C@@H](C)C(C)=O)Oc1ccccc1. The lowest BCUT2D eigenvalue weighted by Gasteiger charge is -2.23. The summed E-state index contributed by atoms with van der Waals surface area (Å²) in [5.41, 5.74) is 6.95. The van der Waals surface area contributed by atoms with Crippen LogP contribution in [0, 0.1) is 0 Å². The standard InChI is InChI=1S/C21H28N7O4P/c1-4-10-23-19-18-20(26-21(22)25-19)28(13-24-18)11-12-31-14-33(30,27-15(2)16(3)29)32-17-8-6-5-7-9-17/h4-9,13,15H,1,10-12,14H2,2-3H3,(H,27,30)(H3,22,23,25,26)/t15-,33?/m0/s1. The van der Waals surface area contributed by atoms with Crippen LogP contribution in [0.2, 0.25) is 0 Å². The highest BCUT2D eigenvalue weighted by Gasteiger charge is 2.29. The van der Waals surface area contributed by atoms with Gasteiger partial charge in [-0.3, -0.25) is 9.36 Å². The largest absolute Gasteiger partial charge is 0.431 e. The van der Waals surface area contributed by atoms with E-state index < -0.39 is 13.6 Å². The molecule has 0 aliphatic rings. The Morgan fingerprint density at radius 2 is 2.09 bits per heavy atom. The average Bonchev–Trinajstić information content (AvgIpc) is 3.18. The number of carbonyl (C=O) groups is 1. The normalized spacial score (nSPS) is 13.9. The van der Waals surface area contributed by atoms with E-state index in [1.807, 2.05) is 6.07 Å². The van der Waals surface area contributed by atoms with E-state index in [4.69, 9.17) is 15.0 Å². The van der Waals surface area contributed by atoms with Gasteiger partial charge in [-0.05, 0) is 26.0 Å². The summed E-state index contributed by atoms with van der Waals surface area (Å²) >= 11 is 0. The monoisotopic (exact) mass is 473 g/mol. The second kappa shape index (κ2) is 11.0. The van der Waals surface area contributed by atoms with Gasteiger partial charge in [0.1, 0.15) is 17.9 Å². The van der Waals surface area contributed by atoms with E-state index in [9.17, 15) is 9.36 Å². The first-order valence-corrected chi connectivity index (χ1v) is 12.1. The lowest BCUT2D eigenvalue weighted by Crippen LogP contribution is -2.32. The number of imidazole rings is 1. The van der Waals surface area contributed by atoms with E-state index >= 15 is 0 Å². The molecule has 0 saturated carbocycles. The smallest absolute Gasteiger partial charge is 0.342 e. The number of para-hydroxylation sites is 1. The number of nitrogens with two attached hydrogens (primary N) is 1. The van der Waals surface area contributed by atoms with Gasteiger partial charge in [-0.2, -0.15) is 9.97 Å². The molecule has 176 valence electrons. The number of hydrogen-bond acceptors (Lipinski definition) is 9. The minimum Gasteiger partial charge on any atom is -0.431 e. The lowest BCUT2D eigenvalue weighted by molar-refractivity contribution is -0.118. The van der Waals surface area contributed by atoms with Crippen LogP contribution in [-0.4, -0.2) is 50.8 Å². The van der Waals surface area contributed by atoms with Crippen LogP contribution >= 0.6 is 7.52 Å². The molecule has 3 aromatic rings. The van der Waals surface area contributed by atoms with Gasteiger partial charge in [0.2, 0.25) is 5.95 Å². The van der Waals surface area contributed by atoms with Crippen molar-refractivity contribution < 1.29 is 18.6 Å². The van der Waals surface area contributed by atoms with Crippen molar-refractivity contribution in [1.29, 1.82) is 0 Å². The van der Waals surface area contributed by atoms with E-state index in [0.717, 1.165) is 0 Å². The highest BCUT2D eigenvalue weighted by atomic mass is 31.2. The van der Waals surface area contributed by atoms with Crippen molar-refractivity contribution in [1.82, 2.24) is 24.6 Å². The molecule has 0 saturated heterocycles. The van der Waals surface area contributed by atoms with Gasteiger partial charge in [-0.15, -0.1) is 6.58 Å². The van der Waals surface area contributed by atoms with Crippen molar-refractivity contribution in [3.63, 3.8) is 0 Å². The van der Waals surface area contributed by atoms with Crippen LogP contribution < -0.4 is 20.7 Å². The average molecular weight is 473 g/mol. The molecule has 11 nitrogen and oxygen atoms in total. The molecule has 33 heavy (non-hydrogen) atoms. The molecule has 0 bridgehead atoms. The van der Waals surface area contributed by atoms with Crippen LogP contribution in [0.1, 0.15) is 13.8 Å². The summed E-state index contributed by atoms with van der Waals surface area (Å²) in [6.07, 6.45) is 3.08. The predicted molar refractivity (Wildman–Crippen MR) is 127 cm³/mol. The van der Waals surface area contributed by atoms with Gasteiger partial charge in [0.25, 0.3) is 0 Å². The number of nitrogen functional groups attached to an aromatic ring is 1. The van der Waals surface area contributed by atoms with Gasteiger partial charge in [0.15, 0.2) is 17.0 Å². The van der Waals surface area contributed by atoms with Crippen molar-refractivity contribution in [2.24, 2.45) is 0 Å². The first kappa shape index (κ1) is 24.4. The van der Waals surface area contributed by atoms with Crippen molar-refractivity contribution in [2.45, 2.75) is 26.4 Å². The molecule has 0 fully saturated rings. The van der Waals surface area contributed by atoms with Gasteiger partial charge in [-0.1, -0.05) is 24.3 Å². The van der Waals surface area contributed by atoms with Gasteiger partial charge < -0.3 is 24.9 Å². The number of carbonyl (C=O) groups excluding carboxylic acids is 1. The van der Waals surface area contributed by atoms with Gasteiger partial charge in [0.05, 0.1) is 19.0 Å². The fraction of sp³-hybridized carbons (Fsp3) is 0.333. The first-order chi connectivity index (χ1) is 15.8. The van der Waals surface area contributed by atoms with E-state index in [1.54, 1.807) is 48.2 Å². The van der Waals surface area contributed by atoms with Crippen LogP contribution in [0.25, 0.3) is 11.2 Å². The number of aromatic nitrogens is 4. The molecule has 0 amide bonds. The third kappa shape index (κ3) is 6.61. The Bertz CT molecular complexity index is 1150. The van der Waals surface area contributed by atoms with Crippen molar-refractivity contribution >= 4 is 36.2 Å². The highest BCUT2D eigenvalue weighted by Crippen LogP contribution is 2.43. The molecule has 1 aromatic carbocycles. The second-order valence-electron chi connectivity index (χ2n) is 7.29. The number of fused-ring (bicyclic) bond motifs is 1. The van der Waals surface area contributed by atoms with E-state index in [0.29, 0.717) is 35.8 Å². The third-order valence-electron chi connectivity index (χ3n) is 4.63. The van der Waals surface area contributed by atoms with Crippen molar-refractivity contribution in [3.8, 4) is 5.75 Å². The zero-order valence-corrected chi connectivity index (χ0v) is 19.5. The van der Waals surface area contributed by atoms with E-state index in [-0.39, 0.29) is 24.7 Å². The summed E-state index contributed by atoms with van der Waals surface area (Å²) in [7, 11) is -3.52. The quantitative estimate of drug-likeness (QED) is 0.192. The molecule has 0 aliphatic heterocycles. The number of nitrogens with one attached hydrogen (secondary N) is 2. The summed E-state index contributed by atoms with van der Waals surface area (Å²) in [6, 6.07) is 8.08. The third-order valence-corrected chi connectivity index (χ3v) is 6.44. The molecule has 4 N–H and O–H groups in total. The predicted octanol–water partition coefficient (Wildman–Crippen LogP) is 2.82. The zero-order chi connectivity index (χ0) is 23.8. The number of anilines is 2. The molecule has 0 radical (unpaired) electrons. The molecule has 2 heterocycles. The number of benzene rings is 1. The van der Waals surface area contributed by atoms with Crippen molar-refractivity contribution in [3.05, 3.63) is 49.3 Å². The van der Waals surface area contributed by atoms with Crippen molar-refractivity contribution in [2.75, 3.05) is 30.6 Å². The number of ether oxygens (including phenoxy) is 1. The Balaban J connectivity index is 1.67. The van der Waals surface area contributed by atoms with Gasteiger partial charge in [-0.25, -0.2) is 10.1 Å². The van der Waals surface area contributed by atoms with Crippen LogP contribution in [0.5, 0.6) is 5.75 Å². The fourth-order valence-corrected chi connectivity index (χ4v) is 4.68. The van der Waals surface area contributed by atoms with E-state index in [2.05, 4.69) is 31.9 Å². The Morgan fingerprint density at radius 1 is 1.33 bits per heavy atom. The Morgan fingerprint density at radius 3 is 2.79 bits per heavy atom.